The van der Waals surface area contributed by atoms with Gasteiger partial charge < -0.3 is 4.74 Å². The summed E-state index contributed by atoms with van der Waals surface area (Å²) < 4.78 is 5.47. The first-order valence-corrected chi connectivity index (χ1v) is 5.66. The van der Waals surface area contributed by atoms with Crippen LogP contribution in [0.5, 0.6) is 5.75 Å². The van der Waals surface area contributed by atoms with E-state index in [1.54, 1.807) is 7.11 Å². The molecule has 0 fully saturated rings. The molecule has 16 heavy (non-hydrogen) atoms. The highest BCUT2D eigenvalue weighted by molar-refractivity contribution is 5.47. The molecule has 0 radical (unpaired) electrons. The first kappa shape index (κ1) is 11.2. The van der Waals surface area contributed by atoms with Gasteiger partial charge in [0.1, 0.15) is 5.75 Å². The molecule has 0 aromatic heterocycles. The van der Waals surface area contributed by atoms with Crippen LogP contribution in [0.2, 0.25) is 0 Å². The van der Waals surface area contributed by atoms with Crippen molar-refractivity contribution in [2.45, 2.75) is 19.4 Å². The van der Waals surface area contributed by atoms with Gasteiger partial charge in [0.25, 0.3) is 0 Å². The van der Waals surface area contributed by atoms with Crippen LogP contribution in [0.1, 0.15) is 24.1 Å². The average molecular weight is 217 g/mol. The molecule has 1 heterocycles. The zero-order chi connectivity index (χ0) is 11.7. The van der Waals surface area contributed by atoms with Gasteiger partial charge in [0.05, 0.1) is 13.2 Å². The number of benzene rings is 1. The minimum atomic E-state index is 0.292. The summed E-state index contributed by atoms with van der Waals surface area (Å²) in [4.78, 5) is 2.34. The van der Waals surface area contributed by atoms with Gasteiger partial charge in [-0.05, 0) is 32.0 Å². The van der Waals surface area contributed by atoms with Crippen LogP contribution in [-0.4, -0.2) is 25.6 Å². The van der Waals surface area contributed by atoms with E-state index >= 15 is 0 Å². The number of hydrogen-bond donors (Lipinski definition) is 0. The first-order chi connectivity index (χ1) is 7.65. The molecule has 1 aliphatic rings. The zero-order valence-corrected chi connectivity index (χ0v) is 10.3. The molecule has 1 atom stereocenters. The maximum atomic E-state index is 5.47. The Morgan fingerprint density at radius 1 is 1.50 bits per heavy atom. The molecule has 1 aromatic rings. The number of hydrogen-bond acceptors (Lipinski definition) is 2. The number of methoxy groups -OCH3 is 1. The number of ether oxygens (including phenoxy) is 1. The topological polar surface area (TPSA) is 12.5 Å². The standard InChI is InChI=1S/C14H19NO/c1-10(2)14-13-11(8-9-15(14)3)6-5-7-12(13)16-4/h5-7,14H,1,8-9H2,2-4H3/t14-/m1/s1. The Balaban J connectivity index is 2.56. The van der Waals surface area contributed by atoms with E-state index in [1.807, 2.05) is 6.07 Å². The second-order valence-electron chi connectivity index (χ2n) is 4.51. The molecule has 0 saturated carbocycles. The van der Waals surface area contributed by atoms with Crippen molar-refractivity contribution in [2.75, 3.05) is 20.7 Å². The third kappa shape index (κ3) is 1.74. The van der Waals surface area contributed by atoms with Gasteiger partial charge in [-0.1, -0.05) is 24.3 Å². The Morgan fingerprint density at radius 3 is 2.88 bits per heavy atom. The lowest BCUT2D eigenvalue weighted by molar-refractivity contribution is 0.253. The van der Waals surface area contributed by atoms with Gasteiger partial charge in [-0.15, -0.1) is 0 Å². The van der Waals surface area contributed by atoms with Crippen LogP contribution in [0, 0.1) is 0 Å². The fraction of sp³-hybridized carbons (Fsp3) is 0.429. The zero-order valence-electron chi connectivity index (χ0n) is 10.3. The van der Waals surface area contributed by atoms with Gasteiger partial charge in [-0.3, -0.25) is 4.90 Å². The summed E-state index contributed by atoms with van der Waals surface area (Å²) in [7, 11) is 3.88. The second-order valence-corrected chi connectivity index (χ2v) is 4.51. The maximum Gasteiger partial charge on any atom is 0.124 e. The van der Waals surface area contributed by atoms with E-state index in [-0.39, 0.29) is 0 Å². The quantitative estimate of drug-likeness (QED) is 0.706. The predicted molar refractivity (Wildman–Crippen MR) is 66.9 cm³/mol. The van der Waals surface area contributed by atoms with Gasteiger partial charge >= 0.3 is 0 Å². The number of rotatable bonds is 2. The van der Waals surface area contributed by atoms with Crippen molar-refractivity contribution >= 4 is 0 Å². The van der Waals surface area contributed by atoms with Crippen molar-refractivity contribution in [3.05, 3.63) is 41.5 Å². The van der Waals surface area contributed by atoms with E-state index in [0.717, 1.165) is 18.7 Å². The number of likely N-dealkylation sites (N-methyl/N-ethyl adjacent to an activating group) is 1. The molecule has 2 nitrogen and oxygen atoms in total. The SMILES string of the molecule is C=C(C)[C@@H]1c2c(cccc2OC)CCN1C. The van der Waals surface area contributed by atoms with E-state index in [1.165, 1.54) is 16.7 Å². The lowest BCUT2D eigenvalue weighted by Gasteiger charge is -2.35. The Labute approximate surface area is 97.5 Å². The molecular formula is C14H19NO. The van der Waals surface area contributed by atoms with Crippen LogP contribution in [0.15, 0.2) is 30.4 Å². The Morgan fingerprint density at radius 2 is 2.25 bits per heavy atom. The van der Waals surface area contributed by atoms with Crippen LogP contribution in [0.25, 0.3) is 0 Å². The van der Waals surface area contributed by atoms with Crippen LogP contribution in [0.3, 0.4) is 0 Å². The molecular weight excluding hydrogens is 198 g/mol. The summed E-state index contributed by atoms with van der Waals surface area (Å²) >= 11 is 0. The smallest absolute Gasteiger partial charge is 0.124 e. The van der Waals surface area contributed by atoms with E-state index in [0.29, 0.717) is 6.04 Å². The number of nitrogens with zero attached hydrogens (tertiary/aromatic N) is 1. The predicted octanol–water partition coefficient (Wildman–Crippen LogP) is 2.80. The van der Waals surface area contributed by atoms with Crippen molar-refractivity contribution in [1.82, 2.24) is 4.90 Å². The summed E-state index contributed by atoms with van der Waals surface area (Å²) in [5.41, 5.74) is 3.87. The second kappa shape index (κ2) is 4.30. The van der Waals surface area contributed by atoms with Gasteiger partial charge in [0.15, 0.2) is 0 Å². The normalized spacial score (nSPS) is 20.3. The van der Waals surface area contributed by atoms with Crippen molar-refractivity contribution in [2.24, 2.45) is 0 Å². The van der Waals surface area contributed by atoms with Gasteiger partial charge in [-0.25, -0.2) is 0 Å². The fourth-order valence-corrected chi connectivity index (χ4v) is 2.56. The molecule has 0 bridgehead atoms. The molecule has 1 aromatic carbocycles. The van der Waals surface area contributed by atoms with Crippen molar-refractivity contribution in [1.29, 1.82) is 0 Å². The molecule has 86 valence electrons. The first-order valence-electron chi connectivity index (χ1n) is 5.66. The average Bonchev–Trinajstić information content (AvgIpc) is 2.27. The van der Waals surface area contributed by atoms with Crippen LogP contribution in [0.4, 0.5) is 0 Å². The molecule has 2 rings (SSSR count). The van der Waals surface area contributed by atoms with Crippen LogP contribution >= 0.6 is 0 Å². The van der Waals surface area contributed by atoms with Crippen molar-refractivity contribution < 1.29 is 4.74 Å². The van der Waals surface area contributed by atoms with E-state index in [4.69, 9.17) is 4.74 Å². The van der Waals surface area contributed by atoms with Gasteiger partial charge in [-0.2, -0.15) is 0 Å². The van der Waals surface area contributed by atoms with Gasteiger partial charge in [0, 0.05) is 12.1 Å². The highest BCUT2D eigenvalue weighted by atomic mass is 16.5. The maximum absolute atomic E-state index is 5.47. The Hall–Kier alpha value is -1.28. The summed E-state index contributed by atoms with van der Waals surface area (Å²) in [6.07, 6.45) is 1.09. The minimum absolute atomic E-state index is 0.292. The highest BCUT2D eigenvalue weighted by Crippen LogP contribution is 2.38. The largest absolute Gasteiger partial charge is 0.496 e. The van der Waals surface area contributed by atoms with Crippen molar-refractivity contribution in [3.63, 3.8) is 0 Å². The number of fused-ring (bicyclic) bond motifs is 1. The molecule has 2 heteroatoms. The molecule has 0 saturated heterocycles. The minimum Gasteiger partial charge on any atom is -0.496 e. The monoisotopic (exact) mass is 217 g/mol. The van der Waals surface area contributed by atoms with E-state index in [2.05, 4.69) is 37.6 Å². The van der Waals surface area contributed by atoms with E-state index < -0.39 is 0 Å². The molecule has 1 aliphatic heterocycles. The Kier molecular flexibility index (Phi) is 3.01. The summed E-state index contributed by atoms with van der Waals surface area (Å²) in [5, 5.41) is 0. The molecule has 0 aliphatic carbocycles. The highest BCUT2D eigenvalue weighted by Gasteiger charge is 2.27. The summed E-state index contributed by atoms with van der Waals surface area (Å²) in [6.45, 7) is 7.27. The molecule has 0 amide bonds. The van der Waals surface area contributed by atoms with Crippen molar-refractivity contribution in [3.8, 4) is 5.75 Å². The van der Waals surface area contributed by atoms with E-state index in [9.17, 15) is 0 Å². The summed E-state index contributed by atoms with van der Waals surface area (Å²) in [6, 6.07) is 6.59. The third-order valence-electron chi connectivity index (χ3n) is 3.29. The summed E-state index contributed by atoms with van der Waals surface area (Å²) in [5.74, 6) is 0.983. The molecule has 0 unspecified atom stereocenters. The Bertz CT molecular complexity index is 397. The third-order valence-corrected chi connectivity index (χ3v) is 3.29. The molecule has 0 spiro atoms. The fourth-order valence-electron chi connectivity index (χ4n) is 2.56. The van der Waals surface area contributed by atoms with Crippen LogP contribution < -0.4 is 4.74 Å². The van der Waals surface area contributed by atoms with Gasteiger partial charge in [0.2, 0.25) is 0 Å². The lowest BCUT2D eigenvalue weighted by atomic mass is 9.89. The molecule has 0 N–H and O–H groups in total. The van der Waals surface area contributed by atoms with Crippen LogP contribution in [-0.2, 0) is 6.42 Å². The lowest BCUT2D eigenvalue weighted by Crippen LogP contribution is -2.33.